The van der Waals surface area contributed by atoms with Gasteiger partial charge in [-0.05, 0) is 35.7 Å². The summed E-state index contributed by atoms with van der Waals surface area (Å²) in [5.74, 6) is -1.15. The second-order valence-electron chi connectivity index (χ2n) is 5.40. The smallest absolute Gasteiger partial charge is 0.416 e. The quantitative estimate of drug-likeness (QED) is 0.690. The van der Waals surface area contributed by atoms with E-state index in [-0.39, 0.29) is 17.9 Å². The zero-order chi connectivity index (χ0) is 18.9. The van der Waals surface area contributed by atoms with Crippen LogP contribution in [0, 0.1) is 0 Å². The summed E-state index contributed by atoms with van der Waals surface area (Å²) in [5.41, 5.74) is 0.0491. The van der Waals surface area contributed by atoms with Crippen LogP contribution in [0.1, 0.15) is 16.1 Å². The predicted molar refractivity (Wildman–Crippen MR) is 91.2 cm³/mol. The number of nitrogens with zero attached hydrogens (tertiary/aromatic N) is 1. The van der Waals surface area contributed by atoms with Gasteiger partial charge >= 0.3 is 12.1 Å². The molecule has 0 saturated carbocycles. The van der Waals surface area contributed by atoms with Gasteiger partial charge in [0.1, 0.15) is 12.2 Å². The van der Waals surface area contributed by atoms with Gasteiger partial charge in [-0.3, -0.25) is 4.79 Å². The van der Waals surface area contributed by atoms with E-state index >= 15 is 0 Å². The van der Waals surface area contributed by atoms with E-state index in [0.717, 1.165) is 16.8 Å². The van der Waals surface area contributed by atoms with E-state index in [4.69, 9.17) is 4.74 Å². The summed E-state index contributed by atoms with van der Waals surface area (Å²) in [4.78, 5) is 24.2. The molecule has 1 N–H and O–H groups in total. The van der Waals surface area contributed by atoms with E-state index in [9.17, 15) is 22.8 Å². The van der Waals surface area contributed by atoms with Gasteiger partial charge in [-0.25, -0.2) is 4.79 Å². The number of aromatic nitrogens is 1. The fourth-order valence-corrected chi connectivity index (χ4v) is 3.36. The molecule has 2 aromatic heterocycles. The molecular weight excluding hydrogens is 369 g/mol. The summed E-state index contributed by atoms with van der Waals surface area (Å²) in [5, 5.41) is 4.24. The van der Waals surface area contributed by atoms with Crippen molar-refractivity contribution in [1.29, 1.82) is 0 Å². The van der Waals surface area contributed by atoms with Crippen LogP contribution in [-0.4, -0.2) is 23.6 Å². The van der Waals surface area contributed by atoms with Gasteiger partial charge in [0.05, 0.1) is 22.9 Å². The van der Waals surface area contributed by atoms with Crippen molar-refractivity contribution in [3.05, 3.63) is 53.0 Å². The number of hydrogen-bond donors (Lipinski definition) is 1. The maximum atomic E-state index is 12.8. The molecule has 9 heteroatoms. The third-order valence-electron chi connectivity index (χ3n) is 3.69. The van der Waals surface area contributed by atoms with Crippen molar-refractivity contribution >= 4 is 39.1 Å². The topological polar surface area (TPSA) is 60.3 Å². The minimum atomic E-state index is -4.50. The molecule has 0 atom stereocenters. The molecule has 0 unspecified atom stereocenters. The monoisotopic (exact) mass is 382 g/mol. The van der Waals surface area contributed by atoms with Crippen LogP contribution in [0.15, 0.2) is 41.8 Å². The predicted octanol–water partition coefficient (Wildman–Crippen LogP) is 4.15. The Kier molecular flexibility index (Phi) is 4.73. The molecule has 0 aliphatic carbocycles. The standard InChI is InChI=1S/C17H13F3N2O3S/c1-25-16(24)13-8-14-12(5-6-26-14)22(13)9-15(23)21-11-4-2-3-10(7-11)17(18,19)20/h2-8H,9H2,1H3,(H,21,23). The molecule has 1 amide bonds. The van der Waals surface area contributed by atoms with E-state index < -0.39 is 23.6 Å². The molecule has 3 aromatic rings. The van der Waals surface area contributed by atoms with Crippen LogP contribution in [0.2, 0.25) is 0 Å². The number of thiophene rings is 1. The summed E-state index contributed by atoms with van der Waals surface area (Å²) < 4.78 is 45.3. The first-order valence-electron chi connectivity index (χ1n) is 7.42. The molecule has 0 aliphatic rings. The van der Waals surface area contributed by atoms with Crippen molar-refractivity contribution in [3.8, 4) is 0 Å². The highest BCUT2D eigenvalue weighted by molar-refractivity contribution is 7.17. The van der Waals surface area contributed by atoms with E-state index in [1.54, 1.807) is 12.1 Å². The Morgan fingerprint density at radius 1 is 1.23 bits per heavy atom. The summed E-state index contributed by atoms with van der Waals surface area (Å²) in [6, 6.07) is 7.73. The average molecular weight is 382 g/mol. The Balaban J connectivity index is 1.84. The zero-order valence-electron chi connectivity index (χ0n) is 13.5. The normalized spacial score (nSPS) is 11.5. The van der Waals surface area contributed by atoms with Crippen molar-refractivity contribution in [2.75, 3.05) is 12.4 Å². The summed E-state index contributed by atoms with van der Waals surface area (Å²) in [7, 11) is 1.23. The van der Waals surface area contributed by atoms with Gasteiger partial charge in [-0.15, -0.1) is 11.3 Å². The van der Waals surface area contributed by atoms with Crippen LogP contribution in [0.3, 0.4) is 0 Å². The molecule has 0 bridgehead atoms. The van der Waals surface area contributed by atoms with Crippen molar-refractivity contribution in [3.63, 3.8) is 0 Å². The maximum Gasteiger partial charge on any atom is 0.416 e. The molecule has 0 radical (unpaired) electrons. The molecule has 2 heterocycles. The second-order valence-corrected chi connectivity index (χ2v) is 6.35. The van der Waals surface area contributed by atoms with Crippen LogP contribution in [0.5, 0.6) is 0 Å². The van der Waals surface area contributed by atoms with Gasteiger partial charge in [-0.1, -0.05) is 6.07 Å². The number of rotatable bonds is 4. The first-order chi connectivity index (χ1) is 12.3. The van der Waals surface area contributed by atoms with Gasteiger partial charge in [0.2, 0.25) is 5.91 Å². The highest BCUT2D eigenvalue weighted by Crippen LogP contribution is 2.31. The summed E-state index contributed by atoms with van der Waals surface area (Å²) >= 11 is 1.40. The Morgan fingerprint density at radius 2 is 2.00 bits per heavy atom. The SMILES string of the molecule is COC(=O)c1cc2sccc2n1CC(=O)Nc1cccc(C(F)(F)F)c1. The number of anilines is 1. The van der Waals surface area contributed by atoms with E-state index in [2.05, 4.69) is 5.32 Å². The number of alkyl halides is 3. The first-order valence-corrected chi connectivity index (χ1v) is 8.29. The number of nitrogens with one attached hydrogen (secondary N) is 1. The van der Waals surface area contributed by atoms with Crippen LogP contribution < -0.4 is 5.32 Å². The molecule has 1 aromatic carbocycles. The molecule has 0 saturated heterocycles. The van der Waals surface area contributed by atoms with Crippen molar-refractivity contribution < 1.29 is 27.5 Å². The summed E-state index contributed by atoms with van der Waals surface area (Å²) in [6.45, 7) is -0.235. The average Bonchev–Trinajstić information content (AvgIpc) is 3.16. The van der Waals surface area contributed by atoms with Crippen LogP contribution in [0.4, 0.5) is 18.9 Å². The van der Waals surface area contributed by atoms with E-state index in [0.29, 0.717) is 5.52 Å². The van der Waals surface area contributed by atoms with Crippen molar-refractivity contribution in [2.24, 2.45) is 0 Å². The lowest BCUT2D eigenvalue weighted by atomic mass is 10.2. The number of esters is 1. The number of carbonyl (C=O) groups is 2. The summed E-state index contributed by atoms with van der Waals surface area (Å²) in [6.07, 6.45) is -4.50. The van der Waals surface area contributed by atoms with Gasteiger partial charge in [-0.2, -0.15) is 13.2 Å². The molecule has 0 spiro atoms. The zero-order valence-corrected chi connectivity index (χ0v) is 14.3. The van der Waals surface area contributed by atoms with Gasteiger partial charge in [0.25, 0.3) is 0 Å². The fourth-order valence-electron chi connectivity index (χ4n) is 2.54. The lowest BCUT2D eigenvalue weighted by Gasteiger charge is -2.12. The van der Waals surface area contributed by atoms with E-state index in [1.807, 2.05) is 5.38 Å². The van der Waals surface area contributed by atoms with Crippen molar-refractivity contribution in [2.45, 2.75) is 12.7 Å². The minimum Gasteiger partial charge on any atom is -0.464 e. The largest absolute Gasteiger partial charge is 0.464 e. The molecule has 26 heavy (non-hydrogen) atoms. The number of amides is 1. The number of carbonyl (C=O) groups excluding carboxylic acids is 2. The van der Waals surface area contributed by atoms with Gasteiger partial charge < -0.3 is 14.6 Å². The van der Waals surface area contributed by atoms with Crippen LogP contribution in [0.25, 0.3) is 10.2 Å². The number of methoxy groups -OCH3 is 1. The molecule has 5 nitrogen and oxygen atoms in total. The highest BCUT2D eigenvalue weighted by Gasteiger charge is 2.30. The second kappa shape index (κ2) is 6.83. The molecule has 136 valence electrons. The van der Waals surface area contributed by atoms with Crippen molar-refractivity contribution in [1.82, 2.24) is 4.57 Å². The lowest BCUT2D eigenvalue weighted by molar-refractivity contribution is -0.137. The number of ether oxygens (including phenoxy) is 1. The Bertz CT molecular complexity index is 975. The number of halogens is 3. The molecule has 0 fully saturated rings. The van der Waals surface area contributed by atoms with E-state index in [1.165, 1.54) is 35.1 Å². The number of hydrogen-bond acceptors (Lipinski definition) is 4. The highest BCUT2D eigenvalue weighted by atomic mass is 32.1. The Labute approximate surface area is 150 Å². The Morgan fingerprint density at radius 3 is 2.69 bits per heavy atom. The third kappa shape index (κ3) is 3.57. The maximum absolute atomic E-state index is 12.8. The van der Waals surface area contributed by atoms with Crippen LogP contribution >= 0.6 is 11.3 Å². The molecule has 0 aliphatic heterocycles. The third-order valence-corrected chi connectivity index (χ3v) is 4.55. The number of benzene rings is 1. The molecular formula is C17H13F3N2O3S. The Hall–Kier alpha value is -2.81. The number of fused-ring (bicyclic) bond motifs is 1. The lowest BCUT2D eigenvalue weighted by Crippen LogP contribution is -2.22. The molecule has 3 rings (SSSR count). The minimum absolute atomic E-state index is 0.0261. The first kappa shape index (κ1) is 18.0. The van der Waals surface area contributed by atoms with Gasteiger partial charge in [0, 0.05) is 5.69 Å². The fraction of sp³-hybridized carbons (Fsp3) is 0.176. The van der Waals surface area contributed by atoms with Gasteiger partial charge in [0.15, 0.2) is 0 Å². The van der Waals surface area contributed by atoms with Crippen LogP contribution in [-0.2, 0) is 22.3 Å².